The minimum absolute atomic E-state index is 0.900. The van der Waals surface area contributed by atoms with Crippen molar-refractivity contribution in [2.24, 2.45) is 0 Å². The van der Waals surface area contributed by atoms with E-state index in [9.17, 15) is 0 Å². The molecule has 9 aromatic rings. The molecule has 1 nitrogen and oxygen atoms in total. The lowest BCUT2D eigenvalue weighted by Gasteiger charge is -2.24. The van der Waals surface area contributed by atoms with Gasteiger partial charge in [0.25, 0.3) is 0 Å². The number of hydrogen-bond acceptors (Lipinski definition) is 1. The third-order valence-electron chi connectivity index (χ3n) is 11.2. The zero-order valence-corrected chi connectivity index (χ0v) is 29.2. The SMILES string of the molecule is Bc1c(B)c(B)c(-c2c3ccccc3c(-c3ccc4oc5c(-c6cccc(-c7ccccc7)c6)cccc5c4c3)c3ccccc23)c(B)c1B. The highest BCUT2D eigenvalue weighted by Crippen LogP contribution is 2.44. The molecule has 0 spiro atoms. The molecule has 0 radical (unpaired) electrons. The molecule has 8 aromatic carbocycles. The van der Waals surface area contributed by atoms with Gasteiger partial charge in [0.2, 0.25) is 0 Å². The van der Waals surface area contributed by atoms with Gasteiger partial charge in [-0.3, -0.25) is 0 Å². The van der Waals surface area contributed by atoms with Crippen LogP contribution in [0.15, 0.2) is 144 Å². The van der Waals surface area contributed by atoms with Crippen molar-refractivity contribution in [3.8, 4) is 44.5 Å². The summed E-state index contributed by atoms with van der Waals surface area (Å²) in [6.07, 6.45) is 0. The van der Waals surface area contributed by atoms with Gasteiger partial charge in [-0.05, 0) is 78.7 Å². The van der Waals surface area contributed by atoms with Gasteiger partial charge in [-0.15, -0.1) is 16.4 Å². The normalized spacial score (nSPS) is 11.6. The first-order valence-corrected chi connectivity index (χ1v) is 17.5. The minimum atomic E-state index is 0.900. The second-order valence-electron chi connectivity index (χ2n) is 13.8. The molecule has 0 saturated heterocycles. The first-order chi connectivity index (χ1) is 24.4. The number of furan rings is 1. The Kier molecular flexibility index (Phi) is 7.18. The van der Waals surface area contributed by atoms with Gasteiger partial charge < -0.3 is 4.42 Å². The van der Waals surface area contributed by atoms with Crippen LogP contribution in [0.5, 0.6) is 0 Å². The van der Waals surface area contributed by atoms with E-state index in [-0.39, 0.29) is 0 Å². The largest absolute Gasteiger partial charge is 0.455 e. The summed E-state index contributed by atoms with van der Waals surface area (Å²) in [5.41, 5.74) is 18.5. The molecular weight excluding hydrogens is 599 g/mol. The highest BCUT2D eigenvalue weighted by molar-refractivity contribution is 6.69. The van der Waals surface area contributed by atoms with E-state index in [2.05, 4.69) is 179 Å². The fourth-order valence-electron chi connectivity index (χ4n) is 8.26. The number of rotatable bonds is 4. The molecule has 9 rings (SSSR count). The Morgan fingerprint density at radius 1 is 0.320 bits per heavy atom. The summed E-state index contributed by atoms with van der Waals surface area (Å²) >= 11 is 0. The predicted molar refractivity (Wildman–Crippen MR) is 231 cm³/mol. The van der Waals surface area contributed by atoms with Gasteiger partial charge in [-0.1, -0.05) is 132 Å². The Morgan fingerprint density at radius 3 is 1.50 bits per heavy atom. The van der Waals surface area contributed by atoms with Crippen molar-refractivity contribution in [3.63, 3.8) is 0 Å². The molecule has 50 heavy (non-hydrogen) atoms. The molecule has 0 saturated carbocycles. The van der Waals surface area contributed by atoms with Crippen LogP contribution in [-0.4, -0.2) is 39.2 Å². The first-order valence-electron chi connectivity index (χ1n) is 17.5. The summed E-state index contributed by atoms with van der Waals surface area (Å²) in [6, 6.07) is 50.5. The lowest BCUT2D eigenvalue weighted by Crippen LogP contribution is -2.55. The van der Waals surface area contributed by atoms with Crippen LogP contribution in [0.3, 0.4) is 0 Å². The zero-order chi connectivity index (χ0) is 34.1. The van der Waals surface area contributed by atoms with Crippen LogP contribution in [0.4, 0.5) is 0 Å². The van der Waals surface area contributed by atoms with Gasteiger partial charge in [-0.25, -0.2) is 0 Å². The molecule has 0 fully saturated rings. The van der Waals surface area contributed by atoms with Gasteiger partial charge >= 0.3 is 0 Å². The van der Waals surface area contributed by atoms with E-state index in [0.29, 0.717) is 0 Å². The van der Waals surface area contributed by atoms with Crippen molar-refractivity contribution in [3.05, 3.63) is 140 Å². The molecule has 0 unspecified atom stereocenters. The van der Waals surface area contributed by atoms with E-state index in [0.717, 1.165) is 33.1 Å². The Bertz CT molecular complexity index is 2730. The maximum Gasteiger partial charge on any atom is 0.143 e. The highest BCUT2D eigenvalue weighted by Gasteiger charge is 2.22. The van der Waals surface area contributed by atoms with E-state index in [1.807, 2.05) is 0 Å². The molecule has 0 amide bonds. The van der Waals surface area contributed by atoms with Crippen molar-refractivity contribution < 1.29 is 4.42 Å². The van der Waals surface area contributed by atoms with E-state index < -0.39 is 0 Å². The number of fused-ring (bicyclic) bond motifs is 5. The molecule has 0 atom stereocenters. The fourth-order valence-corrected chi connectivity index (χ4v) is 8.26. The highest BCUT2D eigenvalue weighted by atomic mass is 16.3. The first kappa shape index (κ1) is 30.5. The van der Waals surface area contributed by atoms with Crippen molar-refractivity contribution in [2.75, 3.05) is 0 Å². The molecule has 0 aliphatic rings. The standard InChI is InChI=1S/C44H33B5O/c45-39-38(40(46)42(48)43(49)41(39)47)37-31-16-6-4-14-29(31)36(30-15-5-7-17-32(30)37)27-20-21-35-34(23-27)33-19-9-18-28(44(33)50-35)26-13-8-12-25(22-26)24-10-2-1-3-11-24/h1-23H,45-49H2. The molecule has 1 heterocycles. The third-order valence-corrected chi connectivity index (χ3v) is 11.2. The van der Waals surface area contributed by atoms with E-state index in [1.165, 1.54) is 82.2 Å². The molecule has 230 valence electrons. The molecule has 0 aliphatic heterocycles. The molecule has 6 heteroatoms. The van der Waals surface area contributed by atoms with Gasteiger partial charge in [0.05, 0.1) is 0 Å². The van der Waals surface area contributed by atoms with E-state index >= 15 is 0 Å². The quantitative estimate of drug-likeness (QED) is 0.213. The summed E-state index contributed by atoms with van der Waals surface area (Å²) < 4.78 is 6.68. The summed E-state index contributed by atoms with van der Waals surface area (Å²) in [7, 11) is 11.4. The number of benzene rings is 8. The van der Waals surface area contributed by atoms with Crippen molar-refractivity contribution in [1.29, 1.82) is 0 Å². The Balaban J connectivity index is 1.28. The van der Waals surface area contributed by atoms with Crippen LogP contribution in [0.25, 0.3) is 88.0 Å². The van der Waals surface area contributed by atoms with Crippen LogP contribution in [0, 0.1) is 0 Å². The van der Waals surface area contributed by atoms with E-state index in [4.69, 9.17) is 4.42 Å². The van der Waals surface area contributed by atoms with Crippen LogP contribution in [0.1, 0.15) is 0 Å². The average Bonchev–Trinajstić information content (AvgIpc) is 3.55. The molecule has 0 aliphatic carbocycles. The van der Waals surface area contributed by atoms with E-state index in [1.54, 1.807) is 0 Å². The van der Waals surface area contributed by atoms with Gasteiger partial charge in [0, 0.05) is 16.3 Å². The van der Waals surface area contributed by atoms with Crippen LogP contribution in [-0.2, 0) is 0 Å². The lowest BCUT2D eigenvalue weighted by atomic mass is 9.59. The predicted octanol–water partition coefficient (Wildman–Crippen LogP) is 3.85. The maximum atomic E-state index is 6.68. The molecule has 0 bridgehead atoms. The van der Waals surface area contributed by atoms with Crippen LogP contribution >= 0.6 is 0 Å². The Labute approximate surface area is 297 Å². The Morgan fingerprint density at radius 2 is 0.840 bits per heavy atom. The maximum absolute atomic E-state index is 6.68. The summed E-state index contributed by atoms with van der Waals surface area (Å²) in [4.78, 5) is 0. The molecule has 0 N–H and O–H groups in total. The van der Waals surface area contributed by atoms with Crippen molar-refractivity contribution in [2.45, 2.75) is 0 Å². The number of para-hydroxylation sites is 1. The third kappa shape index (κ3) is 4.62. The molecule has 1 aromatic heterocycles. The van der Waals surface area contributed by atoms with Crippen LogP contribution in [0.2, 0.25) is 0 Å². The smallest absolute Gasteiger partial charge is 0.143 e. The Hall–Kier alpha value is -5.60. The van der Waals surface area contributed by atoms with Gasteiger partial charge in [-0.2, -0.15) is 0 Å². The summed E-state index contributed by atoms with van der Waals surface area (Å²) in [6.45, 7) is 0. The fraction of sp³-hybridized carbons (Fsp3) is 0. The van der Waals surface area contributed by atoms with Gasteiger partial charge in [0.15, 0.2) is 0 Å². The monoisotopic (exact) mass is 632 g/mol. The van der Waals surface area contributed by atoms with Crippen molar-refractivity contribution in [1.82, 2.24) is 0 Å². The lowest BCUT2D eigenvalue weighted by molar-refractivity contribution is 0.670. The zero-order valence-electron chi connectivity index (χ0n) is 29.2. The van der Waals surface area contributed by atoms with Crippen LogP contribution < -0.4 is 27.3 Å². The molecular formula is C44H33B5O. The summed E-state index contributed by atoms with van der Waals surface area (Å²) in [5, 5.41) is 7.36. The van der Waals surface area contributed by atoms with Crippen molar-refractivity contribution >= 4 is 110 Å². The topological polar surface area (TPSA) is 13.1 Å². The van der Waals surface area contributed by atoms with Gasteiger partial charge in [0.1, 0.15) is 50.4 Å². The summed E-state index contributed by atoms with van der Waals surface area (Å²) in [5.74, 6) is 0. The minimum Gasteiger partial charge on any atom is -0.455 e. The second kappa shape index (κ2) is 11.8. The average molecular weight is 632 g/mol. The number of hydrogen-bond donors (Lipinski definition) is 0. The second-order valence-corrected chi connectivity index (χ2v) is 13.8.